The monoisotopic (exact) mass is 311 g/mol. The van der Waals surface area contributed by atoms with Crippen molar-refractivity contribution in [2.24, 2.45) is 5.92 Å². The van der Waals surface area contributed by atoms with E-state index in [-0.39, 0.29) is 12.6 Å². The first-order valence-electron chi connectivity index (χ1n) is 6.92. The molecule has 0 aliphatic heterocycles. The Morgan fingerprint density at radius 3 is 2.56 bits per heavy atom. The minimum absolute atomic E-state index is 0.192. The van der Waals surface area contributed by atoms with Gasteiger partial charge in [-0.15, -0.1) is 0 Å². The maximum absolute atomic E-state index is 9.63. The molecule has 0 spiro atoms. The molecular weight excluding hydrogens is 290 g/mol. The molecule has 0 amide bonds. The van der Waals surface area contributed by atoms with E-state index in [9.17, 15) is 5.11 Å². The smallest absolute Gasteiger partial charge is 0.0635 e. The quantitative estimate of drug-likeness (QED) is 0.817. The maximum Gasteiger partial charge on any atom is 0.0635 e. The number of rotatable bonds is 4. The number of nitrogens with one attached hydrogen (secondary N) is 1. The molecule has 1 fully saturated rings. The molecule has 2 N–H and O–H groups in total. The van der Waals surface area contributed by atoms with Gasteiger partial charge in [-0.05, 0) is 37.0 Å². The first kappa shape index (κ1) is 13.9. The van der Waals surface area contributed by atoms with Crippen LogP contribution in [-0.4, -0.2) is 17.8 Å². The molecule has 1 unspecified atom stereocenters. The number of aliphatic hydroxyl groups excluding tert-OH is 1. The number of halogens is 1. The highest BCUT2D eigenvalue weighted by Gasteiger charge is 2.21. The third-order valence-electron chi connectivity index (χ3n) is 3.84. The van der Waals surface area contributed by atoms with Gasteiger partial charge in [0.25, 0.3) is 0 Å². The third-order valence-corrected chi connectivity index (χ3v) is 4.34. The number of benzene rings is 1. The summed E-state index contributed by atoms with van der Waals surface area (Å²) in [6, 6.07) is 8.36. The Morgan fingerprint density at radius 1 is 1.22 bits per heavy atom. The van der Waals surface area contributed by atoms with Crippen molar-refractivity contribution in [3.8, 4) is 0 Å². The van der Waals surface area contributed by atoms with Crippen LogP contribution in [0.25, 0.3) is 0 Å². The average Bonchev–Trinajstić information content (AvgIpc) is 2.65. The van der Waals surface area contributed by atoms with Crippen LogP contribution in [0.15, 0.2) is 28.7 Å². The summed E-state index contributed by atoms with van der Waals surface area (Å²) in [4.78, 5) is 0. The van der Waals surface area contributed by atoms with Crippen LogP contribution in [0.1, 0.15) is 38.5 Å². The molecular formula is C15H22BrNO. The molecule has 3 heteroatoms. The lowest BCUT2D eigenvalue weighted by Crippen LogP contribution is -2.32. The van der Waals surface area contributed by atoms with E-state index in [2.05, 4.69) is 33.4 Å². The van der Waals surface area contributed by atoms with Crippen molar-refractivity contribution in [1.29, 1.82) is 0 Å². The van der Waals surface area contributed by atoms with Crippen LogP contribution in [0.3, 0.4) is 0 Å². The van der Waals surface area contributed by atoms with Crippen molar-refractivity contribution in [3.63, 3.8) is 0 Å². The van der Waals surface area contributed by atoms with Crippen molar-refractivity contribution in [2.75, 3.05) is 11.9 Å². The van der Waals surface area contributed by atoms with Gasteiger partial charge in [-0.2, -0.15) is 0 Å². The molecule has 0 bridgehead atoms. The summed E-state index contributed by atoms with van der Waals surface area (Å²) in [5.74, 6) is 0.608. The zero-order valence-corrected chi connectivity index (χ0v) is 12.3. The molecule has 2 nitrogen and oxygen atoms in total. The van der Waals surface area contributed by atoms with Gasteiger partial charge in [0.1, 0.15) is 0 Å². The molecule has 1 aromatic rings. The minimum atomic E-state index is 0.192. The van der Waals surface area contributed by atoms with Crippen LogP contribution < -0.4 is 5.32 Å². The molecule has 100 valence electrons. The van der Waals surface area contributed by atoms with E-state index in [1.807, 2.05) is 12.1 Å². The van der Waals surface area contributed by atoms with Crippen LogP contribution in [0.2, 0.25) is 0 Å². The molecule has 0 heterocycles. The first-order chi connectivity index (χ1) is 8.79. The van der Waals surface area contributed by atoms with E-state index in [1.54, 1.807) is 0 Å². The van der Waals surface area contributed by atoms with Crippen molar-refractivity contribution in [1.82, 2.24) is 0 Å². The van der Waals surface area contributed by atoms with Crippen LogP contribution in [-0.2, 0) is 0 Å². The van der Waals surface area contributed by atoms with Crippen molar-refractivity contribution >= 4 is 21.6 Å². The number of hydrogen-bond donors (Lipinski definition) is 2. The summed E-state index contributed by atoms with van der Waals surface area (Å²) in [6.07, 6.45) is 7.80. The maximum atomic E-state index is 9.63. The predicted octanol–water partition coefficient (Wildman–Crippen LogP) is 4.19. The fourth-order valence-corrected chi connectivity index (χ4v) is 3.22. The highest BCUT2D eigenvalue weighted by Crippen LogP contribution is 2.27. The second-order valence-corrected chi connectivity index (χ2v) is 6.11. The van der Waals surface area contributed by atoms with Gasteiger partial charge in [0.15, 0.2) is 0 Å². The molecule has 1 saturated carbocycles. The van der Waals surface area contributed by atoms with Crippen molar-refractivity contribution in [3.05, 3.63) is 28.7 Å². The van der Waals surface area contributed by atoms with Gasteiger partial charge in [0.05, 0.1) is 12.6 Å². The fourth-order valence-electron chi connectivity index (χ4n) is 2.82. The zero-order valence-electron chi connectivity index (χ0n) is 10.7. The summed E-state index contributed by atoms with van der Waals surface area (Å²) >= 11 is 3.48. The predicted molar refractivity (Wildman–Crippen MR) is 79.8 cm³/mol. The summed E-state index contributed by atoms with van der Waals surface area (Å²) in [5.41, 5.74) is 1.09. The largest absolute Gasteiger partial charge is 0.394 e. The summed E-state index contributed by atoms with van der Waals surface area (Å²) in [5, 5.41) is 13.1. The lowest BCUT2D eigenvalue weighted by atomic mass is 9.92. The molecule has 0 saturated heterocycles. The van der Waals surface area contributed by atoms with E-state index >= 15 is 0 Å². The van der Waals surface area contributed by atoms with Gasteiger partial charge in [0.2, 0.25) is 0 Å². The Balaban J connectivity index is 1.99. The fraction of sp³-hybridized carbons (Fsp3) is 0.600. The average molecular weight is 312 g/mol. The van der Waals surface area contributed by atoms with E-state index in [0.717, 1.165) is 10.2 Å². The second kappa shape index (κ2) is 7.15. The summed E-state index contributed by atoms with van der Waals surface area (Å²) in [6.45, 7) is 0.219. The SMILES string of the molecule is OCC(Nc1cccc(Br)c1)C1CCCCCC1. The number of hydrogen-bond acceptors (Lipinski definition) is 2. The van der Waals surface area contributed by atoms with Gasteiger partial charge in [-0.25, -0.2) is 0 Å². The molecule has 0 radical (unpaired) electrons. The van der Waals surface area contributed by atoms with E-state index < -0.39 is 0 Å². The highest BCUT2D eigenvalue weighted by atomic mass is 79.9. The van der Waals surface area contributed by atoms with Gasteiger partial charge in [-0.3, -0.25) is 0 Å². The molecule has 18 heavy (non-hydrogen) atoms. The molecule has 1 aromatic carbocycles. The topological polar surface area (TPSA) is 32.3 Å². The minimum Gasteiger partial charge on any atom is -0.394 e. The Morgan fingerprint density at radius 2 is 1.94 bits per heavy atom. The third kappa shape index (κ3) is 3.99. The van der Waals surface area contributed by atoms with Gasteiger partial charge >= 0.3 is 0 Å². The van der Waals surface area contributed by atoms with Gasteiger partial charge in [-0.1, -0.05) is 47.7 Å². The van der Waals surface area contributed by atoms with Crippen LogP contribution in [0.5, 0.6) is 0 Å². The first-order valence-corrected chi connectivity index (χ1v) is 7.72. The van der Waals surface area contributed by atoms with E-state index in [4.69, 9.17) is 0 Å². The standard InChI is InChI=1S/C15H22BrNO/c16-13-8-5-9-14(10-13)17-15(11-18)12-6-3-1-2-4-7-12/h5,8-10,12,15,17-18H,1-4,6-7,11H2. The summed E-state index contributed by atoms with van der Waals surface area (Å²) < 4.78 is 1.07. The van der Waals surface area contributed by atoms with Crippen molar-refractivity contribution in [2.45, 2.75) is 44.6 Å². The summed E-state index contributed by atoms with van der Waals surface area (Å²) in [7, 11) is 0. The Bertz CT molecular complexity index is 361. The van der Waals surface area contributed by atoms with Crippen molar-refractivity contribution < 1.29 is 5.11 Å². The number of anilines is 1. The van der Waals surface area contributed by atoms with E-state index in [1.165, 1.54) is 38.5 Å². The Hall–Kier alpha value is -0.540. The molecule has 1 aliphatic carbocycles. The second-order valence-electron chi connectivity index (χ2n) is 5.20. The normalized spacial score (nSPS) is 19.2. The molecule has 2 rings (SSSR count). The lowest BCUT2D eigenvalue weighted by molar-refractivity contribution is 0.227. The lowest BCUT2D eigenvalue weighted by Gasteiger charge is -2.26. The van der Waals surface area contributed by atoms with Crippen LogP contribution in [0.4, 0.5) is 5.69 Å². The van der Waals surface area contributed by atoms with E-state index in [0.29, 0.717) is 5.92 Å². The van der Waals surface area contributed by atoms with Crippen LogP contribution >= 0.6 is 15.9 Å². The molecule has 1 atom stereocenters. The zero-order chi connectivity index (χ0) is 12.8. The Labute approximate surface area is 118 Å². The van der Waals surface area contributed by atoms with Gasteiger partial charge < -0.3 is 10.4 Å². The molecule has 0 aromatic heterocycles. The van der Waals surface area contributed by atoms with Gasteiger partial charge in [0, 0.05) is 10.2 Å². The number of aliphatic hydroxyl groups is 1. The highest BCUT2D eigenvalue weighted by molar-refractivity contribution is 9.10. The Kier molecular flexibility index (Phi) is 5.51. The molecule has 1 aliphatic rings. The van der Waals surface area contributed by atoms with Crippen LogP contribution in [0, 0.1) is 5.92 Å².